The van der Waals surface area contributed by atoms with Gasteiger partial charge in [0.1, 0.15) is 35.9 Å². The molecule has 2 heterocycles. The van der Waals surface area contributed by atoms with E-state index in [0.29, 0.717) is 5.56 Å². The topological polar surface area (TPSA) is 158 Å². The number of phenolic OH excluding ortho intramolecular Hbond substituents is 1. The minimum atomic E-state index is -1.55. The van der Waals surface area contributed by atoms with Crippen molar-refractivity contribution in [3.05, 3.63) is 64.8 Å². The molecule has 1 fully saturated rings. The fourth-order valence-corrected chi connectivity index (χ4v) is 3.43. The Morgan fingerprint density at radius 3 is 2.55 bits per heavy atom. The molecule has 0 bridgehead atoms. The van der Waals surface area contributed by atoms with E-state index in [1.165, 1.54) is 37.5 Å². The molecule has 4 rings (SSSR count). The van der Waals surface area contributed by atoms with Gasteiger partial charge in [0, 0.05) is 23.3 Å². The average molecular weight is 434 g/mol. The van der Waals surface area contributed by atoms with Crippen LogP contribution in [0.5, 0.6) is 11.5 Å². The Morgan fingerprint density at radius 1 is 1.03 bits per heavy atom. The van der Waals surface area contributed by atoms with Crippen LogP contribution < -0.4 is 4.74 Å². The zero-order valence-corrected chi connectivity index (χ0v) is 16.4. The number of aliphatic hydroxyl groups is 5. The molecule has 0 amide bonds. The van der Waals surface area contributed by atoms with Crippen molar-refractivity contribution in [2.45, 2.75) is 30.7 Å². The molecule has 10 nitrogen and oxygen atoms in total. The fraction of sp³-hybridized carbons (Fsp3) is 0.333. The monoisotopic (exact) mass is 434 g/mol. The third kappa shape index (κ3) is 3.93. The Labute approximate surface area is 176 Å². The molecule has 1 aromatic rings. The van der Waals surface area contributed by atoms with Crippen LogP contribution in [0.1, 0.15) is 5.56 Å². The van der Waals surface area contributed by atoms with Crippen LogP contribution in [0.25, 0.3) is 5.76 Å². The van der Waals surface area contributed by atoms with Crippen LogP contribution >= 0.6 is 0 Å². The zero-order valence-electron chi connectivity index (χ0n) is 16.4. The Balaban J connectivity index is 1.76. The summed E-state index contributed by atoms with van der Waals surface area (Å²) in [5, 5.41) is 59.8. The Hall–Kier alpha value is -3.18. The van der Waals surface area contributed by atoms with Gasteiger partial charge in [-0.2, -0.15) is 0 Å². The van der Waals surface area contributed by atoms with Crippen LogP contribution in [-0.2, 0) is 14.2 Å². The maximum atomic E-state index is 10.2. The first-order valence-electron chi connectivity index (χ1n) is 9.42. The van der Waals surface area contributed by atoms with Crippen molar-refractivity contribution in [1.82, 2.24) is 0 Å². The van der Waals surface area contributed by atoms with Gasteiger partial charge in [-0.05, 0) is 24.3 Å². The lowest BCUT2D eigenvalue weighted by Crippen LogP contribution is -2.53. The average Bonchev–Trinajstić information content (AvgIpc) is 2.74. The summed E-state index contributed by atoms with van der Waals surface area (Å²) in [5.74, 6) is -0.173. The van der Waals surface area contributed by atoms with Gasteiger partial charge >= 0.3 is 0 Å². The molecule has 0 spiro atoms. The second-order valence-corrected chi connectivity index (χ2v) is 7.21. The predicted molar refractivity (Wildman–Crippen MR) is 105 cm³/mol. The van der Waals surface area contributed by atoms with E-state index < -0.39 is 30.7 Å². The summed E-state index contributed by atoms with van der Waals surface area (Å²) >= 11 is 0. The second kappa shape index (κ2) is 8.16. The predicted octanol–water partition coefficient (Wildman–Crippen LogP) is 0.748. The number of aliphatic hydroxyl groups excluding tert-OH is 5. The van der Waals surface area contributed by atoms with E-state index in [1.807, 2.05) is 0 Å². The van der Waals surface area contributed by atoms with Crippen LogP contribution in [0.4, 0.5) is 0 Å². The van der Waals surface area contributed by atoms with Crippen molar-refractivity contribution < 1.29 is 49.6 Å². The highest BCUT2D eigenvalue weighted by Crippen LogP contribution is 2.39. The van der Waals surface area contributed by atoms with E-state index in [0.717, 1.165) is 6.08 Å². The summed E-state index contributed by atoms with van der Waals surface area (Å²) in [6, 6.07) is 4.42. The highest BCUT2D eigenvalue weighted by molar-refractivity contribution is 5.70. The van der Waals surface area contributed by atoms with Crippen molar-refractivity contribution in [1.29, 1.82) is 0 Å². The number of hydrogen-bond acceptors (Lipinski definition) is 10. The lowest BCUT2D eigenvalue weighted by Gasteiger charge is -2.36. The Morgan fingerprint density at radius 2 is 1.81 bits per heavy atom. The number of benzene rings is 1. The van der Waals surface area contributed by atoms with E-state index in [2.05, 4.69) is 0 Å². The Bertz CT molecular complexity index is 992. The molecule has 3 aliphatic rings. The molecule has 10 heteroatoms. The molecular weight excluding hydrogens is 412 g/mol. The molecule has 5 atom stereocenters. The molecule has 2 aliphatic heterocycles. The molecular formula is C21H22O10. The van der Waals surface area contributed by atoms with Gasteiger partial charge in [0.25, 0.3) is 0 Å². The number of ether oxygens (including phenoxy) is 4. The van der Waals surface area contributed by atoms with Crippen molar-refractivity contribution in [2.75, 3.05) is 13.7 Å². The van der Waals surface area contributed by atoms with Gasteiger partial charge in [0.15, 0.2) is 23.0 Å². The summed E-state index contributed by atoms with van der Waals surface area (Å²) in [6.07, 6.45) is -2.50. The van der Waals surface area contributed by atoms with Crippen LogP contribution in [0.2, 0.25) is 0 Å². The maximum absolute atomic E-state index is 10.2. The minimum Gasteiger partial charge on any atom is -0.508 e. The van der Waals surface area contributed by atoms with Crippen LogP contribution in [-0.4, -0.2) is 75.1 Å². The quantitative estimate of drug-likeness (QED) is 0.399. The van der Waals surface area contributed by atoms with E-state index >= 15 is 0 Å². The molecule has 1 aromatic carbocycles. The van der Waals surface area contributed by atoms with E-state index in [4.69, 9.17) is 18.9 Å². The van der Waals surface area contributed by atoms with Gasteiger partial charge < -0.3 is 49.6 Å². The third-order valence-electron chi connectivity index (χ3n) is 5.10. The van der Waals surface area contributed by atoms with E-state index in [-0.39, 0.29) is 46.7 Å². The summed E-state index contributed by atoms with van der Waals surface area (Å²) < 4.78 is 22.2. The number of aromatic hydroxyl groups is 1. The molecule has 0 saturated carbocycles. The minimum absolute atomic E-state index is 0.0429. The van der Waals surface area contributed by atoms with Gasteiger partial charge in [-0.3, -0.25) is 0 Å². The Kier molecular flexibility index (Phi) is 5.54. The zero-order chi connectivity index (χ0) is 22.3. The van der Waals surface area contributed by atoms with Crippen molar-refractivity contribution >= 4 is 5.76 Å². The second-order valence-electron chi connectivity index (χ2n) is 7.21. The fourth-order valence-electron chi connectivity index (χ4n) is 3.43. The number of methoxy groups -OCH3 is 1. The highest BCUT2D eigenvalue weighted by atomic mass is 16.7. The van der Waals surface area contributed by atoms with Crippen LogP contribution in [0.3, 0.4) is 0 Å². The van der Waals surface area contributed by atoms with Crippen LogP contribution in [0.15, 0.2) is 59.3 Å². The number of hydrogen-bond donors (Lipinski definition) is 6. The summed E-state index contributed by atoms with van der Waals surface area (Å²) in [5.41, 5.74) is 0.709. The molecule has 5 unspecified atom stereocenters. The molecule has 166 valence electrons. The molecule has 31 heavy (non-hydrogen) atoms. The van der Waals surface area contributed by atoms with Gasteiger partial charge in [-0.1, -0.05) is 0 Å². The standard InChI is InChI=1S/C21H22O10/c1-28-16-4-9(2-3-12(16)23)20-17(31-21-19(27)18(26)14(25)8-29-21)7-11-13(24)5-10(22)6-15(11)30-20/h2-7,14-15,18-19,21-27H,8H2,1H3. The normalized spacial score (nSPS) is 30.5. The first-order chi connectivity index (χ1) is 14.8. The SMILES string of the molecule is COc1cc(C2=C(OC3OCC(O)C(O)C3O)C=C3C(O)=CC(O)=CC3O2)ccc1O. The summed E-state index contributed by atoms with van der Waals surface area (Å²) in [6.45, 7) is -0.264. The van der Waals surface area contributed by atoms with Crippen molar-refractivity contribution in [2.24, 2.45) is 0 Å². The largest absolute Gasteiger partial charge is 0.508 e. The van der Waals surface area contributed by atoms with E-state index in [9.17, 15) is 30.6 Å². The molecule has 0 aromatic heterocycles. The summed E-state index contributed by atoms with van der Waals surface area (Å²) in [4.78, 5) is 0. The van der Waals surface area contributed by atoms with E-state index in [1.54, 1.807) is 0 Å². The third-order valence-corrected chi connectivity index (χ3v) is 5.10. The lowest BCUT2D eigenvalue weighted by molar-refractivity contribution is -0.257. The van der Waals surface area contributed by atoms with Crippen molar-refractivity contribution in [3.8, 4) is 11.5 Å². The maximum Gasteiger partial charge on any atom is 0.229 e. The molecule has 1 saturated heterocycles. The number of phenols is 1. The number of rotatable bonds is 4. The molecule has 1 aliphatic carbocycles. The smallest absolute Gasteiger partial charge is 0.229 e. The lowest BCUT2D eigenvalue weighted by atomic mass is 9.97. The number of allylic oxidation sites excluding steroid dienone is 2. The first kappa shape index (κ1) is 21.1. The number of fused-ring (bicyclic) bond motifs is 1. The molecule has 6 N–H and O–H groups in total. The van der Waals surface area contributed by atoms with Crippen LogP contribution in [0, 0.1) is 0 Å². The highest BCUT2D eigenvalue weighted by Gasteiger charge is 2.40. The first-order valence-corrected chi connectivity index (χ1v) is 9.42. The van der Waals surface area contributed by atoms with Gasteiger partial charge in [-0.15, -0.1) is 0 Å². The van der Waals surface area contributed by atoms with Gasteiger partial charge in [-0.25, -0.2) is 0 Å². The van der Waals surface area contributed by atoms with Gasteiger partial charge in [0.05, 0.1) is 13.7 Å². The van der Waals surface area contributed by atoms with Gasteiger partial charge in [0.2, 0.25) is 6.29 Å². The molecule has 0 radical (unpaired) electrons. The summed E-state index contributed by atoms with van der Waals surface area (Å²) in [7, 11) is 1.38. The van der Waals surface area contributed by atoms with Crippen molar-refractivity contribution in [3.63, 3.8) is 0 Å².